The van der Waals surface area contributed by atoms with E-state index in [0.29, 0.717) is 18.7 Å². The summed E-state index contributed by atoms with van der Waals surface area (Å²) in [6, 6.07) is 21.8. The summed E-state index contributed by atoms with van der Waals surface area (Å²) in [5, 5.41) is 3.19. The number of amides is 2. The summed E-state index contributed by atoms with van der Waals surface area (Å²) in [7, 11) is 1.98. The first-order chi connectivity index (χ1) is 15.6. The van der Waals surface area contributed by atoms with Crippen molar-refractivity contribution in [2.24, 2.45) is 7.05 Å². The maximum Gasteiger partial charge on any atom is 0.254 e. The smallest absolute Gasteiger partial charge is 0.254 e. The van der Waals surface area contributed by atoms with Crippen LogP contribution in [0.1, 0.15) is 58.8 Å². The minimum Gasteiger partial charge on any atom is -0.353 e. The van der Waals surface area contributed by atoms with Crippen LogP contribution in [0.3, 0.4) is 0 Å². The molecule has 1 aliphatic heterocycles. The number of hydrogen-bond donors (Lipinski definition) is 1. The zero-order chi connectivity index (χ0) is 22.1. The van der Waals surface area contributed by atoms with Gasteiger partial charge in [-0.05, 0) is 42.2 Å². The molecule has 32 heavy (non-hydrogen) atoms. The number of rotatable bonds is 5. The van der Waals surface area contributed by atoms with E-state index >= 15 is 0 Å². The highest BCUT2D eigenvalue weighted by molar-refractivity contribution is 6.02. The molecule has 2 aromatic carbocycles. The van der Waals surface area contributed by atoms with E-state index in [1.807, 2.05) is 77.3 Å². The Bertz CT molecular complexity index is 1130. The average molecular weight is 428 g/mol. The van der Waals surface area contributed by atoms with Gasteiger partial charge in [-0.25, -0.2) is 0 Å². The van der Waals surface area contributed by atoms with Crippen LogP contribution in [0, 0.1) is 0 Å². The lowest BCUT2D eigenvalue weighted by Gasteiger charge is -2.50. The Labute approximate surface area is 189 Å². The molecule has 1 aliphatic carbocycles. The van der Waals surface area contributed by atoms with Gasteiger partial charge in [0.2, 0.25) is 5.91 Å². The molecule has 1 spiro atoms. The lowest BCUT2D eigenvalue weighted by atomic mass is 9.71. The topological polar surface area (TPSA) is 54.3 Å². The summed E-state index contributed by atoms with van der Waals surface area (Å²) in [6.45, 7) is 0.999. The van der Waals surface area contributed by atoms with Crippen molar-refractivity contribution in [3.63, 3.8) is 0 Å². The highest BCUT2D eigenvalue weighted by atomic mass is 16.2. The van der Waals surface area contributed by atoms with Crippen LogP contribution in [-0.4, -0.2) is 26.8 Å². The first kappa shape index (κ1) is 20.6. The third-order valence-corrected chi connectivity index (χ3v) is 7.23. The zero-order valence-electron chi connectivity index (χ0n) is 18.5. The Morgan fingerprint density at radius 1 is 1.00 bits per heavy atom. The zero-order valence-corrected chi connectivity index (χ0v) is 18.5. The van der Waals surface area contributed by atoms with Crippen LogP contribution in [0.2, 0.25) is 0 Å². The van der Waals surface area contributed by atoms with Crippen molar-refractivity contribution in [1.82, 2.24) is 14.8 Å². The number of carbonyl (C=O) groups excluding carboxylic acids is 2. The number of aryl methyl sites for hydroxylation is 1. The highest BCUT2D eigenvalue weighted by Gasteiger charge is 2.55. The molecule has 5 nitrogen and oxygen atoms in total. The van der Waals surface area contributed by atoms with Gasteiger partial charge in [-0.15, -0.1) is 0 Å². The average Bonchev–Trinajstić information content (AvgIpc) is 3.46. The summed E-state index contributed by atoms with van der Waals surface area (Å²) in [5.41, 5.74) is 3.18. The van der Waals surface area contributed by atoms with Crippen molar-refractivity contribution in [1.29, 1.82) is 0 Å². The molecule has 5 rings (SSSR count). The van der Waals surface area contributed by atoms with Crippen molar-refractivity contribution in [2.75, 3.05) is 0 Å². The van der Waals surface area contributed by atoms with E-state index in [-0.39, 0.29) is 17.7 Å². The Kier molecular flexibility index (Phi) is 5.33. The fourth-order valence-corrected chi connectivity index (χ4v) is 5.62. The van der Waals surface area contributed by atoms with Gasteiger partial charge in [-0.2, -0.15) is 0 Å². The van der Waals surface area contributed by atoms with E-state index in [1.165, 1.54) is 0 Å². The van der Waals surface area contributed by atoms with Gasteiger partial charge in [0.15, 0.2) is 0 Å². The second-order valence-electron chi connectivity index (χ2n) is 9.04. The number of fused-ring (bicyclic) bond motifs is 1. The van der Waals surface area contributed by atoms with E-state index in [2.05, 4.69) is 17.4 Å². The van der Waals surface area contributed by atoms with E-state index in [1.54, 1.807) is 0 Å². The lowest BCUT2D eigenvalue weighted by molar-refractivity contribution is -0.126. The molecule has 1 N–H and O–H groups in total. The van der Waals surface area contributed by atoms with Gasteiger partial charge in [0.1, 0.15) is 0 Å². The second-order valence-corrected chi connectivity index (χ2v) is 9.04. The number of carbonyl (C=O) groups is 2. The molecule has 1 saturated carbocycles. The second kappa shape index (κ2) is 8.30. The molecule has 0 radical (unpaired) electrons. The largest absolute Gasteiger partial charge is 0.353 e. The van der Waals surface area contributed by atoms with Crippen LogP contribution in [0.25, 0.3) is 0 Å². The number of aromatic nitrogens is 1. The fraction of sp³-hybridized carbons (Fsp3) is 0.333. The Hall–Kier alpha value is -3.34. The number of hydrogen-bond acceptors (Lipinski definition) is 2. The summed E-state index contributed by atoms with van der Waals surface area (Å²) in [6.07, 6.45) is 5.74. The van der Waals surface area contributed by atoms with Gasteiger partial charge < -0.3 is 14.8 Å². The number of nitrogens with one attached hydrogen (secondary N) is 1. The van der Waals surface area contributed by atoms with Crippen LogP contribution in [0.4, 0.5) is 0 Å². The minimum atomic E-state index is -0.487. The first-order valence-corrected chi connectivity index (χ1v) is 11.4. The van der Waals surface area contributed by atoms with E-state index < -0.39 is 5.54 Å². The highest BCUT2D eigenvalue weighted by Crippen LogP contribution is 2.50. The van der Waals surface area contributed by atoms with Crippen molar-refractivity contribution >= 4 is 11.8 Å². The third-order valence-electron chi connectivity index (χ3n) is 7.23. The summed E-state index contributed by atoms with van der Waals surface area (Å²) < 4.78 is 2.02. The van der Waals surface area contributed by atoms with Crippen molar-refractivity contribution in [2.45, 2.75) is 50.2 Å². The molecular weight excluding hydrogens is 398 g/mol. The molecular formula is C27H29N3O2. The molecule has 2 heterocycles. The molecule has 164 valence electrons. The minimum absolute atomic E-state index is 0.00566. The van der Waals surface area contributed by atoms with Crippen molar-refractivity contribution < 1.29 is 9.59 Å². The molecule has 1 atom stereocenters. The fourth-order valence-electron chi connectivity index (χ4n) is 5.62. The molecule has 5 heteroatoms. The predicted octanol–water partition coefficient (Wildman–Crippen LogP) is 4.39. The van der Waals surface area contributed by atoms with Crippen LogP contribution in [0.15, 0.2) is 72.9 Å². The number of benzene rings is 2. The maximum absolute atomic E-state index is 13.8. The van der Waals surface area contributed by atoms with Crippen molar-refractivity contribution in [3.05, 3.63) is 95.3 Å². The van der Waals surface area contributed by atoms with Crippen LogP contribution in [0.5, 0.6) is 0 Å². The Morgan fingerprint density at radius 3 is 2.44 bits per heavy atom. The first-order valence-electron chi connectivity index (χ1n) is 11.4. The lowest BCUT2D eigenvalue weighted by Crippen LogP contribution is -2.60. The molecule has 2 amide bonds. The SMILES string of the molecule is Cn1cccc1CNC(=O)[C@@H]1c2ccccc2C(=O)N(Cc2ccccc2)C12CCCC2. The summed E-state index contributed by atoms with van der Waals surface area (Å²) in [4.78, 5) is 29.5. The molecule has 0 bridgehead atoms. The molecule has 1 fully saturated rings. The quantitative estimate of drug-likeness (QED) is 0.656. The molecule has 0 unspecified atom stereocenters. The van der Waals surface area contributed by atoms with E-state index in [0.717, 1.165) is 42.5 Å². The third kappa shape index (κ3) is 3.42. The standard InChI is InChI=1S/C27H29N3O2/c1-29-17-9-12-21(29)18-28-25(31)24-22-13-5-6-14-23(22)26(32)30(27(24)15-7-8-16-27)19-20-10-3-2-4-11-20/h2-6,9-14,17,24H,7-8,15-16,18-19H2,1H3,(H,28,31)/t24-/m0/s1. The van der Waals surface area contributed by atoms with Crippen molar-refractivity contribution in [3.8, 4) is 0 Å². The van der Waals surface area contributed by atoms with Gasteiger partial charge in [0.05, 0.1) is 18.0 Å². The molecule has 0 saturated heterocycles. The monoisotopic (exact) mass is 427 g/mol. The number of nitrogens with zero attached hydrogens (tertiary/aromatic N) is 2. The van der Waals surface area contributed by atoms with Gasteiger partial charge >= 0.3 is 0 Å². The van der Waals surface area contributed by atoms with Gasteiger partial charge in [0, 0.05) is 31.0 Å². The molecule has 2 aliphatic rings. The van der Waals surface area contributed by atoms with E-state index in [4.69, 9.17) is 0 Å². The summed E-state index contributed by atoms with van der Waals surface area (Å²) >= 11 is 0. The van der Waals surface area contributed by atoms with Gasteiger partial charge in [-0.1, -0.05) is 61.4 Å². The van der Waals surface area contributed by atoms with Gasteiger partial charge in [0.25, 0.3) is 5.91 Å². The van der Waals surface area contributed by atoms with Crippen LogP contribution < -0.4 is 5.32 Å². The Morgan fingerprint density at radius 2 is 1.72 bits per heavy atom. The molecule has 1 aromatic heterocycles. The van der Waals surface area contributed by atoms with Crippen LogP contribution in [-0.2, 0) is 24.9 Å². The van der Waals surface area contributed by atoms with Crippen LogP contribution >= 0.6 is 0 Å². The van der Waals surface area contributed by atoms with E-state index in [9.17, 15) is 9.59 Å². The Balaban J connectivity index is 1.55. The summed E-state index contributed by atoms with van der Waals surface area (Å²) in [5.74, 6) is -0.327. The molecule has 3 aromatic rings. The predicted molar refractivity (Wildman–Crippen MR) is 124 cm³/mol. The normalized spacial score (nSPS) is 19.2. The van der Waals surface area contributed by atoms with Gasteiger partial charge in [-0.3, -0.25) is 9.59 Å². The maximum atomic E-state index is 13.8.